The van der Waals surface area contributed by atoms with Crippen molar-refractivity contribution in [1.82, 2.24) is 0 Å². The molecule has 8 heteroatoms. The van der Waals surface area contributed by atoms with Gasteiger partial charge in [-0.05, 0) is 12.1 Å². The first-order valence-corrected chi connectivity index (χ1v) is 3.91. The number of carbonyl (C=O) groups excluding carboxylic acids is 1. The van der Waals surface area contributed by atoms with Gasteiger partial charge in [0.2, 0.25) is 0 Å². The molecule has 0 N–H and O–H groups in total. The minimum absolute atomic E-state index is 0.133. The lowest BCUT2D eigenvalue weighted by Gasteiger charge is -2.01. The summed E-state index contributed by atoms with van der Waals surface area (Å²) in [6, 6.07) is 4.21. The van der Waals surface area contributed by atoms with Gasteiger partial charge in [0.05, 0.1) is 10.5 Å². The maximum Gasteiger partial charge on any atom is 0.381 e. The monoisotopic (exact) mass is 233 g/mol. The van der Waals surface area contributed by atoms with E-state index in [1.165, 1.54) is 0 Å². The van der Waals surface area contributed by atoms with Crippen LogP contribution in [0.1, 0.15) is 10.4 Å². The number of alkyl halides is 2. The molecule has 0 fully saturated rings. The van der Waals surface area contributed by atoms with Crippen molar-refractivity contribution in [3.05, 3.63) is 39.9 Å². The van der Waals surface area contributed by atoms with Gasteiger partial charge in [0.15, 0.2) is 0 Å². The van der Waals surface area contributed by atoms with Gasteiger partial charge in [0, 0.05) is 12.1 Å². The van der Waals surface area contributed by atoms with E-state index in [0.717, 1.165) is 24.3 Å². The van der Waals surface area contributed by atoms with E-state index in [9.17, 15) is 23.7 Å². The molecule has 0 saturated heterocycles. The van der Waals surface area contributed by atoms with Gasteiger partial charge in [-0.15, -0.1) is 4.89 Å². The van der Waals surface area contributed by atoms with E-state index in [1.54, 1.807) is 0 Å². The molecule has 1 aromatic carbocycles. The Hall–Kier alpha value is -2.09. The summed E-state index contributed by atoms with van der Waals surface area (Å²) in [6.45, 7) is -3.23. The van der Waals surface area contributed by atoms with Crippen molar-refractivity contribution in [3.63, 3.8) is 0 Å². The number of carbonyl (C=O) groups is 1. The third-order valence-corrected chi connectivity index (χ3v) is 1.51. The summed E-state index contributed by atoms with van der Waals surface area (Å²) in [5.41, 5.74) is -0.363. The summed E-state index contributed by atoms with van der Waals surface area (Å²) >= 11 is 0. The molecular weight excluding hydrogens is 228 g/mol. The highest BCUT2D eigenvalue weighted by Gasteiger charge is 2.13. The second-order valence-corrected chi connectivity index (χ2v) is 2.53. The Bertz CT molecular complexity index is 392. The molecule has 0 unspecified atom stereocenters. The average Bonchev–Trinajstić information content (AvgIpc) is 2.26. The quantitative estimate of drug-likeness (QED) is 0.450. The maximum atomic E-state index is 11.5. The molecule has 0 saturated carbocycles. The van der Waals surface area contributed by atoms with Gasteiger partial charge in [-0.25, -0.2) is 4.79 Å². The molecule has 0 bridgehead atoms. The summed E-state index contributed by atoms with van der Waals surface area (Å²) in [6.07, 6.45) is 0. The predicted molar refractivity (Wildman–Crippen MR) is 45.6 cm³/mol. The van der Waals surface area contributed by atoms with Crippen LogP contribution in [-0.4, -0.2) is 17.5 Å². The van der Waals surface area contributed by atoms with Gasteiger partial charge < -0.3 is 0 Å². The average molecular weight is 233 g/mol. The Morgan fingerprint density at radius 3 is 2.31 bits per heavy atom. The van der Waals surface area contributed by atoms with Crippen molar-refractivity contribution in [2.75, 3.05) is 0 Å². The minimum Gasteiger partial charge on any atom is -0.287 e. The number of halogens is 2. The smallest absolute Gasteiger partial charge is 0.287 e. The molecule has 0 atom stereocenters. The lowest BCUT2D eigenvalue weighted by molar-refractivity contribution is -0.384. The standard InChI is InChI=1S/C8H5F2NO5/c9-8(10)16-15-7(12)5-1-3-6(4-2-5)11(13)14/h1-4,8H. The molecule has 0 aliphatic heterocycles. The van der Waals surface area contributed by atoms with Crippen LogP contribution in [-0.2, 0) is 9.78 Å². The fourth-order valence-electron chi connectivity index (χ4n) is 0.847. The molecule has 0 heterocycles. The van der Waals surface area contributed by atoms with Gasteiger partial charge in [0.25, 0.3) is 5.69 Å². The number of non-ortho nitro benzene ring substituents is 1. The van der Waals surface area contributed by atoms with Crippen molar-refractivity contribution in [1.29, 1.82) is 0 Å². The number of nitro benzene ring substituents is 1. The van der Waals surface area contributed by atoms with Crippen LogP contribution in [0.5, 0.6) is 0 Å². The van der Waals surface area contributed by atoms with Crippen LogP contribution in [0.25, 0.3) is 0 Å². The van der Waals surface area contributed by atoms with Crippen molar-refractivity contribution in [2.45, 2.75) is 6.61 Å². The highest BCUT2D eigenvalue weighted by atomic mass is 19.3. The number of hydrogen-bond donors (Lipinski definition) is 0. The molecule has 1 rings (SSSR count). The maximum absolute atomic E-state index is 11.5. The van der Waals surface area contributed by atoms with E-state index in [1.807, 2.05) is 0 Å². The fourth-order valence-corrected chi connectivity index (χ4v) is 0.847. The third-order valence-electron chi connectivity index (χ3n) is 1.51. The van der Waals surface area contributed by atoms with Crippen LogP contribution in [0.2, 0.25) is 0 Å². The number of hydrogen-bond acceptors (Lipinski definition) is 5. The lowest BCUT2D eigenvalue weighted by Crippen LogP contribution is -2.09. The molecule has 16 heavy (non-hydrogen) atoms. The zero-order valence-corrected chi connectivity index (χ0v) is 7.63. The van der Waals surface area contributed by atoms with E-state index < -0.39 is 17.5 Å². The van der Waals surface area contributed by atoms with Crippen LogP contribution in [0.3, 0.4) is 0 Å². The van der Waals surface area contributed by atoms with Gasteiger partial charge in [-0.3, -0.25) is 15.0 Å². The predicted octanol–water partition coefficient (Wildman–Crippen LogP) is 1.91. The Kier molecular flexibility index (Phi) is 3.84. The SMILES string of the molecule is O=C(OOC(F)F)c1ccc([N+](=O)[O-])cc1. The number of nitrogens with zero attached hydrogens (tertiary/aromatic N) is 1. The number of benzene rings is 1. The zero-order chi connectivity index (χ0) is 12.1. The first kappa shape index (κ1) is 12.0. The molecule has 0 aliphatic rings. The Labute approximate surface area is 87.5 Å². The highest BCUT2D eigenvalue weighted by molar-refractivity contribution is 5.89. The van der Waals surface area contributed by atoms with Crippen molar-refractivity contribution in [3.8, 4) is 0 Å². The topological polar surface area (TPSA) is 78.7 Å². The van der Waals surface area contributed by atoms with E-state index in [0.29, 0.717) is 0 Å². The normalized spacial score (nSPS) is 10.2. The van der Waals surface area contributed by atoms with Gasteiger partial charge >= 0.3 is 12.6 Å². The summed E-state index contributed by atoms with van der Waals surface area (Å²) in [4.78, 5) is 27.6. The molecule has 86 valence electrons. The Morgan fingerprint density at radius 1 is 1.31 bits per heavy atom. The second-order valence-electron chi connectivity index (χ2n) is 2.53. The van der Waals surface area contributed by atoms with E-state index in [2.05, 4.69) is 9.78 Å². The van der Waals surface area contributed by atoms with Crippen LogP contribution in [0, 0.1) is 10.1 Å². The Morgan fingerprint density at radius 2 is 1.88 bits per heavy atom. The molecule has 0 aliphatic carbocycles. The largest absolute Gasteiger partial charge is 0.381 e. The van der Waals surface area contributed by atoms with Crippen LogP contribution in [0.15, 0.2) is 24.3 Å². The summed E-state index contributed by atoms with van der Waals surface area (Å²) < 4.78 is 23.0. The molecule has 1 aromatic rings. The van der Waals surface area contributed by atoms with E-state index in [-0.39, 0.29) is 11.3 Å². The molecule has 0 spiro atoms. The molecule has 0 aromatic heterocycles. The van der Waals surface area contributed by atoms with Crippen LogP contribution in [0.4, 0.5) is 14.5 Å². The Balaban J connectivity index is 2.67. The minimum atomic E-state index is -3.23. The molecular formula is C8H5F2NO5. The van der Waals surface area contributed by atoms with Crippen LogP contribution >= 0.6 is 0 Å². The zero-order valence-electron chi connectivity index (χ0n) is 7.63. The number of rotatable bonds is 4. The highest BCUT2D eigenvalue weighted by Crippen LogP contribution is 2.13. The summed E-state index contributed by atoms with van der Waals surface area (Å²) in [7, 11) is 0. The summed E-state index contributed by atoms with van der Waals surface area (Å²) in [5, 5.41) is 10.3. The van der Waals surface area contributed by atoms with Crippen molar-refractivity contribution < 1.29 is 28.3 Å². The van der Waals surface area contributed by atoms with E-state index >= 15 is 0 Å². The molecule has 0 radical (unpaired) electrons. The number of nitro groups is 1. The van der Waals surface area contributed by atoms with Crippen LogP contribution < -0.4 is 0 Å². The van der Waals surface area contributed by atoms with Crippen molar-refractivity contribution in [2.24, 2.45) is 0 Å². The summed E-state index contributed by atoms with van der Waals surface area (Å²) in [5.74, 6) is -1.16. The second kappa shape index (κ2) is 5.12. The molecule has 6 nitrogen and oxygen atoms in total. The lowest BCUT2D eigenvalue weighted by atomic mass is 10.2. The van der Waals surface area contributed by atoms with Crippen molar-refractivity contribution >= 4 is 11.7 Å². The third kappa shape index (κ3) is 3.24. The first-order chi connectivity index (χ1) is 7.50. The van der Waals surface area contributed by atoms with E-state index in [4.69, 9.17) is 0 Å². The molecule has 0 amide bonds. The van der Waals surface area contributed by atoms with Gasteiger partial charge in [0.1, 0.15) is 0 Å². The van der Waals surface area contributed by atoms with Gasteiger partial charge in [-0.1, -0.05) is 0 Å². The van der Waals surface area contributed by atoms with Gasteiger partial charge in [-0.2, -0.15) is 8.78 Å². The first-order valence-electron chi connectivity index (χ1n) is 3.91. The fraction of sp³-hybridized carbons (Fsp3) is 0.125.